The maximum atomic E-state index is 13.9. The van der Waals surface area contributed by atoms with Crippen LogP contribution in [0.25, 0.3) is 0 Å². The maximum Gasteiger partial charge on any atom is 0.416 e. The van der Waals surface area contributed by atoms with Crippen LogP contribution in [0.5, 0.6) is 0 Å². The van der Waals surface area contributed by atoms with Gasteiger partial charge in [-0.15, -0.1) is 0 Å². The van der Waals surface area contributed by atoms with Gasteiger partial charge in [0, 0.05) is 44.0 Å². The number of hydrogen-bond acceptors (Lipinski definition) is 3. The lowest BCUT2D eigenvalue weighted by atomic mass is 10.0. The molecule has 1 heterocycles. The van der Waals surface area contributed by atoms with E-state index in [1.165, 1.54) is 0 Å². The van der Waals surface area contributed by atoms with Crippen molar-refractivity contribution in [2.45, 2.75) is 12.7 Å². The topological polar surface area (TPSA) is 32.5 Å². The van der Waals surface area contributed by atoms with Gasteiger partial charge in [0.2, 0.25) is 0 Å². The number of halogens is 4. The average molecular weight is 291 g/mol. The number of anilines is 1. The molecule has 1 aromatic carbocycles. The van der Waals surface area contributed by atoms with Crippen molar-refractivity contribution in [3.63, 3.8) is 0 Å². The van der Waals surface area contributed by atoms with E-state index in [2.05, 4.69) is 4.90 Å². The summed E-state index contributed by atoms with van der Waals surface area (Å²) in [6.07, 6.45) is -4.60. The Bertz CT molecular complexity index is 479. The molecular formula is C13H17F4N3. The SMILES string of the molecule is CN1CCN(Cc2c(F)cc(N)cc2C(F)(F)F)CC1. The minimum absolute atomic E-state index is 0.0468. The summed E-state index contributed by atoms with van der Waals surface area (Å²) in [5, 5.41) is 0. The molecule has 0 bridgehead atoms. The summed E-state index contributed by atoms with van der Waals surface area (Å²) < 4.78 is 52.8. The molecule has 1 saturated heterocycles. The standard InChI is InChI=1S/C13H17F4N3/c1-19-2-4-20(5-3-19)8-10-11(13(15,16)17)6-9(18)7-12(10)14/h6-7H,2-5,8,18H2,1H3. The Morgan fingerprint density at radius 3 is 2.30 bits per heavy atom. The molecule has 0 atom stereocenters. The first kappa shape index (κ1) is 15.1. The van der Waals surface area contributed by atoms with Gasteiger partial charge in [-0.05, 0) is 19.2 Å². The van der Waals surface area contributed by atoms with Gasteiger partial charge < -0.3 is 10.6 Å². The molecule has 7 heteroatoms. The molecule has 2 rings (SSSR count). The van der Waals surface area contributed by atoms with E-state index in [1.807, 2.05) is 11.9 Å². The second-order valence-electron chi connectivity index (χ2n) is 5.11. The van der Waals surface area contributed by atoms with Crippen molar-refractivity contribution in [2.75, 3.05) is 39.0 Å². The number of piperazine rings is 1. The Labute approximate surface area is 115 Å². The third-order valence-electron chi connectivity index (χ3n) is 3.50. The van der Waals surface area contributed by atoms with Crippen molar-refractivity contribution in [3.8, 4) is 0 Å². The smallest absolute Gasteiger partial charge is 0.399 e. The van der Waals surface area contributed by atoms with Crippen molar-refractivity contribution in [1.82, 2.24) is 9.80 Å². The van der Waals surface area contributed by atoms with Gasteiger partial charge in [0.05, 0.1) is 5.56 Å². The van der Waals surface area contributed by atoms with E-state index in [1.54, 1.807) is 0 Å². The lowest BCUT2D eigenvalue weighted by molar-refractivity contribution is -0.138. The summed E-state index contributed by atoms with van der Waals surface area (Å²) in [4.78, 5) is 3.91. The largest absolute Gasteiger partial charge is 0.416 e. The normalized spacial score (nSPS) is 18.4. The van der Waals surface area contributed by atoms with Gasteiger partial charge in [-0.25, -0.2) is 4.39 Å². The molecule has 2 N–H and O–H groups in total. The quantitative estimate of drug-likeness (QED) is 0.669. The summed E-state index contributed by atoms with van der Waals surface area (Å²) >= 11 is 0. The molecular weight excluding hydrogens is 274 g/mol. The lowest BCUT2D eigenvalue weighted by Crippen LogP contribution is -2.44. The fourth-order valence-electron chi connectivity index (χ4n) is 2.30. The van der Waals surface area contributed by atoms with Crippen LogP contribution in [-0.2, 0) is 12.7 Å². The highest BCUT2D eigenvalue weighted by atomic mass is 19.4. The van der Waals surface area contributed by atoms with Crippen LogP contribution in [-0.4, -0.2) is 43.0 Å². The second-order valence-corrected chi connectivity index (χ2v) is 5.11. The van der Waals surface area contributed by atoms with Crippen LogP contribution in [0.1, 0.15) is 11.1 Å². The zero-order chi connectivity index (χ0) is 14.9. The zero-order valence-electron chi connectivity index (χ0n) is 11.2. The minimum Gasteiger partial charge on any atom is -0.399 e. The number of hydrogen-bond donors (Lipinski definition) is 1. The fourth-order valence-corrected chi connectivity index (χ4v) is 2.30. The van der Waals surface area contributed by atoms with Crippen LogP contribution in [0.2, 0.25) is 0 Å². The van der Waals surface area contributed by atoms with E-state index in [4.69, 9.17) is 5.73 Å². The van der Waals surface area contributed by atoms with Gasteiger partial charge in [-0.2, -0.15) is 13.2 Å². The number of alkyl halides is 3. The summed E-state index contributed by atoms with van der Waals surface area (Å²) in [5.74, 6) is -0.892. The molecule has 0 saturated carbocycles. The molecule has 0 spiro atoms. The summed E-state index contributed by atoms with van der Waals surface area (Å²) in [6, 6.07) is 1.75. The Morgan fingerprint density at radius 2 is 1.75 bits per heavy atom. The third-order valence-corrected chi connectivity index (χ3v) is 3.50. The van der Waals surface area contributed by atoms with Gasteiger partial charge >= 0.3 is 6.18 Å². The second kappa shape index (κ2) is 5.57. The molecule has 0 aromatic heterocycles. The zero-order valence-corrected chi connectivity index (χ0v) is 11.2. The highest BCUT2D eigenvalue weighted by Crippen LogP contribution is 2.35. The van der Waals surface area contributed by atoms with Crippen molar-refractivity contribution >= 4 is 5.69 Å². The Balaban J connectivity index is 2.26. The van der Waals surface area contributed by atoms with Crippen LogP contribution >= 0.6 is 0 Å². The molecule has 112 valence electrons. The van der Waals surface area contributed by atoms with E-state index in [0.29, 0.717) is 13.1 Å². The fraction of sp³-hybridized carbons (Fsp3) is 0.538. The van der Waals surface area contributed by atoms with Crippen molar-refractivity contribution in [3.05, 3.63) is 29.1 Å². The molecule has 1 fully saturated rings. The molecule has 3 nitrogen and oxygen atoms in total. The number of likely N-dealkylation sites (N-methyl/N-ethyl adjacent to an activating group) is 1. The van der Waals surface area contributed by atoms with Crippen LogP contribution in [0, 0.1) is 5.82 Å². The lowest BCUT2D eigenvalue weighted by Gasteiger charge is -2.33. The predicted octanol–water partition coefficient (Wildman–Crippen LogP) is 2.17. The number of nitrogens with two attached hydrogens (primary N) is 1. The summed E-state index contributed by atoms with van der Waals surface area (Å²) in [7, 11) is 1.95. The molecule has 0 aliphatic carbocycles. The first-order chi connectivity index (χ1) is 9.27. The Morgan fingerprint density at radius 1 is 1.15 bits per heavy atom. The monoisotopic (exact) mass is 291 g/mol. The molecule has 1 aliphatic rings. The minimum atomic E-state index is -4.60. The third kappa shape index (κ3) is 3.40. The van der Waals surface area contributed by atoms with Gasteiger partial charge in [0.1, 0.15) is 5.82 Å². The van der Waals surface area contributed by atoms with Gasteiger partial charge in [-0.3, -0.25) is 4.90 Å². The molecule has 0 amide bonds. The summed E-state index contributed by atoms with van der Waals surface area (Å²) in [5.41, 5.74) is 3.80. The Kier molecular flexibility index (Phi) is 4.19. The van der Waals surface area contributed by atoms with Crippen LogP contribution < -0.4 is 5.73 Å². The van der Waals surface area contributed by atoms with Gasteiger partial charge in [0.15, 0.2) is 0 Å². The summed E-state index contributed by atoms with van der Waals surface area (Å²) in [6.45, 7) is 2.72. The van der Waals surface area contributed by atoms with Crippen molar-refractivity contribution in [1.29, 1.82) is 0 Å². The molecule has 20 heavy (non-hydrogen) atoms. The van der Waals surface area contributed by atoms with Crippen LogP contribution in [0.3, 0.4) is 0 Å². The number of nitrogen functional groups attached to an aromatic ring is 1. The van der Waals surface area contributed by atoms with Crippen molar-refractivity contribution in [2.24, 2.45) is 0 Å². The molecule has 1 aliphatic heterocycles. The first-order valence-corrected chi connectivity index (χ1v) is 6.33. The average Bonchev–Trinajstić information content (AvgIpc) is 2.33. The predicted molar refractivity (Wildman–Crippen MR) is 68.6 cm³/mol. The molecule has 0 radical (unpaired) electrons. The Hall–Kier alpha value is -1.34. The van der Waals surface area contributed by atoms with E-state index < -0.39 is 17.6 Å². The highest BCUT2D eigenvalue weighted by Gasteiger charge is 2.35. The van der Waals surface area contributed by atoms with E-state index in [0.717, 1.165) is 25.2 Å². The molecule has 0 unspecified atom stereocenters. The van der Waals surface area contributed by atoms with Crippen LogP contribution in [0.4, 0.5) is 23.2 Å². The van der Waals surface area contributed by atoms with Gasteiger partial charge in [0.25, 0.3) is 0 Å². The van der Waals surface area contributed by atoms with E-state index in [-0.39, 0.29) is 17.8 Å². The highest BCUT2D eigenvalue weighted by molar-refractivity contribution is 5.47. The number of rotatable bonds is 2. The maximum absolute atomic E-state index is 13.9. The first-order valence-electron chi connectivity index (χ1n) is 6.33. The molecule has 1 aromatic rings. The van der Waals surface area contributed by atoms with Crippen LogP contribution in [0.15, 0.2) is 12.1 Å². The van der Waals surface area contributed by atoms with E-state index >= 15 is 0 Å². The van der Waals surface area contributed by atoms with Crippen molar-refractivity contribution < 1.29 is 17.6 Å². The number of benzene rings is 1. The van der Waals surface area contributed by atoms with Gasteiger partial charge in [-0.1, -0.05) is 0 Å². The van der Waals surface area contributed by atoms with E-state index in [9.17, 15) is 17.6 Å². The number of nitrogens with zero attached hydrogens (tertiary/aromatic N) is 2.